The molecule has 2 atom stereocenters. The lowest BCUT2D eigenvalue weighted by Gasteiger charge is -2.31. The van der Waals surface area contributed by atoms with Gasteiger partial charge in [-0.15, -0.1) is 0 Å². The van der Waals surface area contributed by atoms with Crippen LogP contribution in [-0.2, 0) is 11.3 Å². The highest BCUT2D eigenvalue weighted by Gasteiger charge is 2.40. The van der Waals surface area contributed by atoms with E-state index in [0.717, 1.165) is 4.90 Å². The van der Waals surface area contributed by atoms with E-state index in [4.69, 9.17) is 15.2 Å². The molecule has 44 heavy (non-hydrogen) atoms. The van der Waals surface area contributed by atoms with E-state index in [9.17, 15) is 27.2 Å². The van der Waals surface area contributed by atoms with Gasteiger partial charge in [-0.25, -0.2) is 36.8 Å². The molecule has 2 aliphatic heterocycles. The number of halogens is 4. The molecule has 0 spiro atoms. The van der Waals surface area contributed by atoms with Gasteiger partial charge in [0.2, 0.25) is 5.88 Å². The number of alkyl halides is 4. The second-order valence-corrected chi connectivity index (χ2v) is 11.4. The lowest BCUT2D eigenvalue weighted by molar-refractivity contribution is -0.0566. The number of ether oxygens (including phenoxy) is 2. The molecule has 0 bridgehead atoms. The molecule has 3 fully saturated rings. The summed E-state index contributed by atoms with van der Waals surface area (Å²) >= 11 is 0. The maximum Gasteiger partial charge on any atom is 0.410 e. The number of nitrogen functional groups attached to an aromatic ring is 1. The number of piperidine rings is 1. The molecule has 1 saturated carbocycles. The third-order valence-electron chi connectivity index (χ3n) is 8.36. The predicted molar refractivity (Wildman–Crippen MR) is 149 cm³/mol. The number of rotatable bonds is 7. The van der Waals surface area contributed by atoms with E-state index in [0.29, 0.717) is 28.9 Å². The van der Waals surface area contributed by atoms with Gasteiger partial charge in [0.15, 0.2) is 5.82 Å². The molecule has 12 nitrogen and oxygen atoms in total. The van der Waals surface area contributed by atoms with Gasteiger partial charge < -0.3 is 25.4 Å². The first-order chi connectivity index (χ1) is 21.0. The number of hydrogen-bond acceptors (Lipinski definition) is 9. The number of anilines is 1. The molecule has 2 amide bonds. The predicted octanol–water partition coefficient (Wildman–Crippen LogP) is 3.00. The van der Waals surface area contributed by atoms with Crippen LogP contribution >= 0.6 is 0 Å². The average molecular weight is 621 g/mol. The molecule has 6 rings (SSSR count). The summed E-state index contributed by atoms with van der Waals surface area (Å²) < 4.78 is 67.5. The first-order valence-electron chi connectivity index (χ1n) is 14.3. The fourth-order valence-corrected chi connectivity index (χ4v) is 5.78. The number of nitrogens with two attached hydrogens (primary N) is 1. The van der Waals surface area contributed by atoms with Crippen LogP contribution in [0.15, 0.2) is 24.7 Å². The number of pyridine rings is 1. The molecule has 0 unspecified atom stereocenters. The summed E-state index contributed by atoms with van der Waals surface area (Å²) in [6.07, 6.45) is -1.32. The number of fused-ring (bicyclic) bond motifs is 1. The Balaban J connectivity index is 1.22. The number of methoxy groups -OCH3 is 1. The average Bonchev–Trinajstić information content (AvgIpc) is 3.53. The normalized spacial score (nSPS) is 25.1. The zero-order valence-electron chi connectivity index (χ0n) is 23.9. The second-order valence-electron chi connectivity index (χ2n) is 11.4. The summed E-state index contributed by atoms with van der Waals surface area (Å²) in [4.78, 5) is 37.2. The number of aromatic nitrogens is 4. The van der Waals surface area contributed by atoms with Gasteiger partial charge in [-0.2, -0.15) is 5.10 Å². The maximum absolute atomic E-state index is 14.9. The van der Waals surface area contributed by atoms with Crippen molar-refractivity contribution >= 4 is 23.3 Å². The minimum absolute atomic E-state index is 0.00819. The fourth-order valence-electron chi connectivity index (χ4n) is 5.78. The van der Waals surface area contributed by atoms with Crippen LogP contribution in [0.25, 0.3) is 16.8 Å². The summed E-state index contributed by atoms with van der Waals surface area (Å²) in [7, 11) is 1.34. The van der Waals surface area contributed by atoms with E-state index < -0.39 is 42.4 Å². The Labute approximate surface area is 249 Å². The van der Waals surface area contributed by atoms with Crippen LogP contribution in [-0.4, -0.2) is 105 Å². The first-order valence-corrected chi connectivity index (χ1v) is 14.3. The Morgan fingerprint density at radius 3 is 2.59 bits per heavy atom. The van der Waals surface area contributed by atoms with Gasteiger partial charge >= 0.3 is 6.09 Å². The summed E-state index contributed by atoms with van der Waals surface area (Å²) in [5, 5.41) is 6.95. The molecule has 0 aromatic carbocycles. The van der Waals surface area contributed by atoms with Crippen molar-refractivity contribution in [1.82, 2.24) is 34.7 Å². The third kappa shape index (κ3) is 5.94. The smallest absolute Gasteiger partial charge is 0.410 e. The molecule has 16 heteroatoms. The Morgan fingerprint density at radius 2 is 1.89 bits per heavy atom. The molecule has 3 aliphatic rings. The van der Waals surface area contributed by atoms with E-state index in [2.05, 4.69) is 20.4 Å². The van der Waals surface area contributed by atoms with Crippen molar-refractivity contribution in [3.05, 3.63) is 35.8 Å². The largest absolute Gasteiger partial charge is 0.480 e. The van der Waals surface area contributed by atoms with E-state index in [-0.39, 0.29) is 69.1 Å². The number of likely N-dealkylation sites (tertiary alicyclic amines) is 2. The van der Waals surface area contributed by atoms with Crippen LogP contribution in [0.1, 0.15) is 41.6 Å². The summed E-state index contributed by atoms with van der Waals surface area (Å²) in [6.45, 7) is 0.359. The van der Waals surface area contributed by atoms with Crippen LogP contribution in [0.2, 0.25) is 0 Å². The first kappa shape index (κ1) is 29.8. The zero-order chi connectivity index (χ0) is 31.2. The van der Waals surface area contributed by atoms with Crippen molar-refractivity contribution in [2.45, 2.75) is 62.6 Å². The third-order valence-corrected chi connectivity index (χ3v) is 8.36. The Morgan fingerprint density at radius 1 is 1.14 bits per heavy atom. The standard InChI is InChI=1S/C28H32F4N8O4/c1-43-26-19(25(41)37-21-13-39(12-20(21)30)27(42)44-18-8-17(29)9-18)6-15(10-34-26)22-7-16(23-24(33)35-14-36-40(22)23)11-38-4-2-28(31,32)3-5-38/h6-7,10,14,17-18,20-21H,2-5,8-9,11-13H2,1H3,(H,37,41)(H2,33,35,36)/t17-,18+,20-,21+/m0/s1. The van der Waals surface area contributed by atoms with Crippen LogP contribution < -0.4 is 15.8 Å². The number of amides is 2. The molecule has 236 valence electrons. The Hall–Kier alpha value is -4.21. The molecule has 3 aromatic heterocycles. The molecule has 2 saturated heterocycles. The fraction of sp³-hybridized carbons (Fsp3) is 0.536. The minimum Gasteiger partial charge on any atom is -0.480 e. The van der Waals surface area contributed by atoms with Crippen LogP contribution in [0, 0.1) is 0 Å². The molecule has 5 heterocycles. The van der Waals surface area contributed by atoms with Crippen molar-refractivity contribution in [3.63, 3.8) is 0 Å². The van der Waals surface area contributed by atoms with Crippen molar-refractivity contribution in [2.24, 2.45) is 0 Å². The molecular formula is C28H32F4N8O4. The van der Waals surface area contributed by atoms with Crippen molar-refractivity contribution in [2.75, 3.05) is 39.0 Å². The van der Waals surface area contributed by atoms with Gasteiger partial charge in [0, 0.05) is 63.6 Å². The Kier molecular flexibility index (Phi) is 7.94. The van der Waals surface area contributed by atoms with Gasteiger partial charge in [-0.1, -0.05) is 0 Å². The quantitative estimate of drug-likeness (QED) is 0.382. The molecule has 1 aliphatic carbocycles. The lowest BCUT2D eigenvalue weighted by Crippen LogP contribution is -2.43. The van der Waals surface area contributed by atoms with Gasteiger partial charge in [-0.05, 0) is 17.7 Å². The van der Waals surface area contributed by atoms with E-state index >= 15 is 0 Å². The summed E-state index contributed by atoms with van der Waals surface area (Å²) in [5.41, 5.74) is 8.41. The monoisotopic (exact) mass is 620 g/mol. The van der Waals surface area contributed by atoms with Crippen LogP contribution in [0.4, 0.5) is 28.2 Å². The highest BCUT2D eigenvalue weighted by atomic mass is 19.3. The highest BCUT2D eigenvalue weighted by Crippen LogP contribution is 2.33. The lowest BCUT2D eigenvalue weighted by atomic mass is 9.94. The van der Waals surface area contributed by atoms with Crippen LogP contribution in [0.3, 0.4) is 0 Å². The SMILES string of the molecule is COc1ncc(-c2cc(CN3CCC(F)(F)CC3)c3c(N)ncnn23)cc1C(=O)N[C@@H]1CN(C(=O)O[C@H]2C[C@@H](F)C2)C[C@@H]1F. The van der Waals surface area contributed by atoms with E-state index in [1.807, 2.05) is 4.90 Å². The number of hydrogen-bond donors (Lipinski definition) is 2. The summed E-state index contributed by atoms with van der Waals surface area (Å²) in [6, 6.07) is 2.29. The van der Waals surface area contributed by atoms with Crippen LogP contribution in [0.5, 0.6) is 5.88 Å². The minimum atomic E-state index is -2.68. The number of nitrogens with zero attached hydrogens (tertiary/aromatic N) is 6. The van der Waals surface area contributed by atoms with Gasteiger partial charge in [0.1, 0.15) is 35.9 Å². The molecule has 3 aromatic rings. The number of carbonyl (C=O) groups is 2. The van der Waals surface area contributed by atoms with Crippen molar-refractivity contribution < 1.29 is 36.6 Å². The summed E-state index contributed by atoms with van der Waals surface area (Å²) in [5.74, 6) is -3.17. The molecular weight excluding hydrogens is 588 g/mol. The van der Waals surface area contributed by atoms with Gasteiger partial charge in [0.25, 0.3) is 11.8 Å². The zero-order valence-corrected chi connectivity index (χ0v) is 23.9. The van der Waals surface area contributed by atoms with Crippen molar-refractivity contribution in [1.29, 1.82) is 0 Å². The second kappa shape index (κ2) is 11.7. The molecule has 3 N–H and O–H groups in total. The van der Waals surface area contributed by atoms with Gasteiger partial charge in [-0.3, -0.25) is 9.69 Å². The maximum atomic E-state index is 14.9. The van der Waals surface area contributed by atoms with Gasteiger partial charge in [0.05, 0.1) is 25.4 Å². The molecule has 0 radical (unpaired) electrons. The highest BCUT2D eigenvalue weighted by molar-refractivity contribution is 5.98. The number of nitrogens with one attached hydrogen (secondary N) is 1. The van der Waals surface area contributed by atoms with E-state index in [1.165, 1.54) is 25.7 Å². The Bertz CT molecular complexity index is 1560. The van der Waals surface area contributed by atoms with E-state index in [1.54, 1.807) is 10.6 Å². The van der Waals surface area contributed by atoms with Crippen molar-refractivity contribution in [3.8, 4) is 17.1 Å². The number of carbonyl (C=O) groups excluding carboxylic acids is 2. The topological polar surface area (TPSA) is 140 Å².